The van der Waals surface area contributed by atoms with E-state index >= 15 is 0 Å². The Morgan fingerprint density at radius 1 is 0.900 bits per heavy atom. The van der Waals surface area contributed by atoms with Crippen LogP contribution < -0.4 is 0 Å². The van der Waals surface area contributed by atoms with Gasteiger partial charge in [0.25, 0.3) is 0 Å². The molecule has 0 amide bonds. The highest BCUT2D eigenvalue weighted by molar-refractivity contribution is 8.37. The summed E-state index contributed by atoms with van der Waals surface area (Å²) >= 11 is 0. The standard InChI is InChI=1S/C15H12N2O2S/c18-20(19)14-10-12-6-2-1-5-11(12)9-13(14)16-15(20)17-7-3-4-8-17/h1-10,18-19H. The van der Waals surface area contributed by atoms with Crippen molar-refractivity contribution < 1.29 is 9.11 Å². The van der Waals surface area contributed by atoms with Gasteiger partial charge in [-0.15, -0.1) is 10.6 Å². The Morgan fingerprint density at radius 3 is 2.25 bits per heavy atom. The van der Waals surface area contributed by atoms with Gasteiger partial charge in [-0.3, -0.25) is 13.7 Å². The smallest absolute Gasteiger partial charge is 0.231 e. The van der Waals surface area contributed by atoms with Gasteiger partial charge in [-0.25, -0.2) is 4.99 Å². The fourth-order valence-corrected chi connectivity index (χ4v) is 3.98. The van der Waals surface area contributed by atoms with Gasteiger partial charge in [0.1, 0.15) is 0 Å². The molecule has 4 nitrogen and oxygen atoms in total. The SMILES string of the molecule is OS1(O)C(n2cccc2)=Nc2cc3ccccc3cc21. The first-order valence-corrected chi connectivity index (χ1v) is 7.74. The second-order valence-electron chi connectivity index (χ2n) is 4.70. The Morgan fingerprint density at radius 2 is 1.55 bits per heavy atom. The van der Waals surface area contributed by atoms with Gasteiger partial charge < -0.3 is 0 Å². The third-order valence-electron chi connectivity index (χ3n) is 3.43. The number of aromatic nitrogens is 1. The first kappa shape index (κ1) is 11.7. The van der Waals surface area contributed by atoms with Crippen molar-refractivity contribution in [3.8, 4) is 0 Å². The van der Waals surface area contributed by atoms with Crippen LogP contribution in [0, 0.1) is 0 Å². The molecule has 5 heteroatoms. The van der Waals surface area contributed by atoms with Crippen molar-refractivity contribution in [1.29, 1.82) is 0 Å². The molecule has 1 aromatic heterocycles. The first-order chi connectivity index (χ1) is 9.66. The van der Waals surface area contributed by atoms with Crippen LogP contribution >= 0.6 is 10.6 Å². The van der Waals surface area contributed by atoms with Crippen molar-refractivity contribution in [3.05, 3.63) is 60.9 Å². The van der Waals surface area contributed by atoms with Gasteiger partial charge in [-0.2, -0.15) is 0 Å². The Bertz CT molecular complexity index is 838. The van der Waals surface area contributed by atoms with Gasteiger partial charge >= 0.3 is 0 Å². The maximum atomic E-state index is 10.5. The molecule has 1 aliphatic heterocycles. The third kappa shape index (κ3) is 1.54. The third-order valence-corrected chi connectivity index (χ3v) is 5.18. The summed E-state index contributed by atoms with van der Waals surface area (Å²) in [6.45, 7) is 0. The minimum atomic E-state index is -3.05. The molecule has 2 heterocycles. The molecular formula is C15H12N2O2S. The maximum absolute atomic E-state index is 10.5. The van der Waals surface area contributed by atoms with E-state index < -0.39 is 10.6 Å². The molecule has 0 atom stereocenters. The Balaban J connectivity index is 1.97. The molecule has 20 heavy (non-hydrogen) atoms. The fourth-order valence-electron chi connectivity index (χ4n) is 2.45. The molecule has 0 saturated carbocycles. The lowest BCUT2D eigenvalue weighted by atomic mass is 10.1. The lowest BCUT2D eigenvalue weighted by molar-refractivity contribution is 0.504. The first-order valence-electron chi connectivity index (χ1n) is 6.19. The van der Waals surface area contributed by atoms with Crippen molar-refractivity contribution >= 4 is 32.2 Å². The number of fused-ring (bicyclic) bond motifs is 2. The quantitative estimate of drug-likeness (QED) is 0.646. The van der Waals surface area contributed by atoms with Crippen LogP contribution in [0.25, 0.3) is 10.8 Å². The van der Waals surface area contributed by atoms with Crippen molar-refractivity contribution in [2.75, 3.05) is 0 Å². The summed E-state index contributed by atoms with van der Waals surface area (Å²) in [5.41, 5.74) is 0.632. The zero-order valence-corrected chi connectivity index (χ0v) is 11.3. The summed E-state index contributed by atoms with van der Waals surface area (Å²) in [5.74, 6) is 0. The molecule has 0 bridgehead atoms. The summed E-state index contributed by atoms with van der Waals surface area (Å²) in [5, 5.41) is 2.31. The van der Waals surface area contributed by atoms with Crippen LogP contribution in [0.3, 0.4) is 0 Å². The van der Waals surface area contributed by atoms with E-state index in [1.54, 1.807) is 17.0 Å². The number of nitrogens with zero attached hydrogens (tertiary/aromatic N) is 2. The van der Waals surface area contributed by atoms with E-state index in [-0.39, 0.29) is 5.17 Å². The van der Waals surface area contributed by atoms with E-state index in [1.165, 1.54) is 0 Å². The van der Waals surface area contributed by atoms with Gasteiger partial charge in [-0.05, 0) is 35.0 Å². The molecular weight excluding hydrogens is 272 g/mol. The number of aliphatic imine (C=N–C) groups is 1. The normalized spacial score (nSPS) is 17.8. The van der Waals surface area contributed by atoms with Crippen LogP contribution in [0.5, 0.6) is 0 Å². The summed E-state index contributed by atoms with van der Waals surface area (Å²) < 4.78 is 22.7. The van der Waals surface area contributed by atoms with Crippen molar-refractivity contribution in [2.24, 2.45) is 4.99 Å². The van der Waals surface area contributed by atoms with E-state index in [1.807, 2.05) is 48.5 Å². The van der Waals surface area contributed by atoms with Crippen LogP contribution in [0.4, 0.5) is 5.69 Å². The molecule has 0 unspecified atom stereocenters. The predicted molar refractivity (Wildman–Crippen MR) is 82.0 cm³/mol. The largest absolute Gasteiger partial charge is 0.295 e. The number of rotatable bonds is 0. The monoisotopic (exact) mass is 284 g/mol. The zero-order valence-electron chi connectivity index (χ0n) is 10.5. The van der Waals surface area contributed by atoms with Crippen molar-refractivity contribution in [2.45, 2.75) is 4.90 Å². The second-order valence-corrected chi connectivity index (χ2v) is 6.60. The molecule has 100 valence electrons. The summed E-state index contributed by atoms with van der Waals surface area (Å²) in [4.78, 5) is 4.91. The topological polar surface area (TPSA) is 57.8 Å². The molecule has 0 radical (unpaired) electrons. The van der Waals surface area contributed by atoms with E-state index in [4.69, 9.17) is 0 Å². The van der Waals surface area contributed by atoms with Gasteiger partial charge in [-0.1, -0.05) is 24.3 Å². The van der Waals surface area contributed by atoms with Crippen molar-refractivity contribution in [3.63, 3.8) is 0 Å². The zero-order chi connectivity index (χ0) is 13.7. The number of hydrogen-bond donors (Lipinski definition) is 2. The molecule has 1 aliphatic rings. The van der Waals surface area contributed by atoms with Crippen LogP contribution in [0.2, 0.25) is 0 Å². The van der Waals surface area contributed by atoms with Gasteiger partial charge in [0.2, 0.25) is 5.17 Å². The van der Waals surface area contributed by atoms with Gasteiger partial charge in [0, 0.05) is 12.4 Å². The van der Waals surface area contributed by atoms with E-state index in [9.17, 15) is 9.11 Å². The molecule has 2 aromatic carbocycles. The van der Waals surface area contributed by atoms with Gasteiger partial charge in [0.05, 0.1) is 10.6 Å². The Labute approximate surface area is 117 Å². The second kappa shape index (κ2) is 3.96. The highest BCUT2D eigenvalue weighted by atomic mass is 32.3. The molecule has 0 fully saturated rings. The van der Waals surface area contributed by atoms with Gasteiger partial charge in [0.15, 0.2) is 0 Å². The lowest BCUT2D eigenvalue weighted by Crippen LogP contribution is -2.15. The Kier molecular flexibility index (Phi) is 2.32. The predicted octanol–water partition coefficient (Wildman–Crippen LogP) is 4.30. The van der Waals surface area contributed by atoms with Crippen molar-refractivity contribution in [1.82, 2.24) is 4.57 Å². The fraction of sp³-hybridized carbons (Fsp3) is 0. The van der Waals surface area contributed by atoms with E-state index in [2.05, 4.69) is 4.99 Å². The average Bonchev–Trinajstić information content (AvgIpc) is 3.04. The molecule has 2 N–H and O–H groups in total. The van der Waals surface area contributed by atoms with E-state index in [0.717, 1.165) is 10.8 Å². The summed E-state index contributed by atoms with van der Waals surface area (Å²) in [7, 11) is -3.05. The number of benzene rings is 2. The molecule has 4 rings (SSSR count). The summed E-state index contributed by atoms with van der Waals surface area (Å²) in [6, 6.07) is 15.2. The van der Waals surface area contributed by atoms with Crippen LogP contribution in [0.1, 0.15) is 0 Å². The lowest BCUT2D eigenvalue weighted by Gasteiger charge is -2.29. The minimum Gasteiger partial charge on any atom is -0.295 e. The number of hydrogen-bond acceptors (Lipinski definition) is 3. The maximum Gasteiger partial charge on any atom is 0.231 e. The van der Waals surface area contributed by atoms with Crippen LogP contribution in [-0.2, 0) is 0 Å². The minimum absolute atomic E-state index is 0.285. The molecule has 0 spiro atoms. The average molecular weight is 284 g/mol. The van der Waals surface area contributed by atoms with Crippen LogP contribution in [-0.4, -0.2) is 18.8 Å². The molecule has 3 aromatic rings. The molecule has 0 saturated heterocycles. The van der Waals surface area contributed by atoms with Crippen LogP contribution in [0.15, 0.2) is 70.8 Å². The summed E-state index contributed by atoms with van der Waals surface area (Å²) in [6.07, 6.45) is 3.53. The van der Waals surface area contributed by atoms with E-state index in [0.29, 0.717) is 10.6 Å². The highest BCUT2D eigenvalue weighted by Crippen LogP contribution is 2.59. The highest BCUT2D eigenvalue weighted by Gasteiger charge is 2.33. The Hall–Kier alpha value is -2.08. The molecule has 0 aliphatic carbocycles.